The SMILES string of the molecule is OC1CNCC1c1ccc(F)cc1. The highest BCUT2D eigenvalue weighted by Crippen LogP contribution is 2.22. The minimum Gasteiger partial charge on any atom is -0.391 e. The van der Waals surface area contributed by atoms with E-state index in [1.165, 1.54) is 12.1 Å². The van der Waals surface area contributed by atoms with Gasteiger partial charge < -0.3 is 10.4 Å². The monoisotopic (exact) mass is 181 g/mol. The molecule has 2 unspecified atom stereocenters. The first-order valence-electron chi connectivity index (χ1n) is 4.41. The van der Waals surface area contributed by atoms with E-state index in [4.69, 9.17) is 0 Å². The largest absolute Gasteiger partial charge is 0.391 e. The van der Waals surface area contributed by atoms with Crippen LogP contribution < -0.4 is 5.32 Å². The summed E-state index contributed by atoms with van der Waals surface area (Å²) in [7, 11) is 0. The molecule has 2 rings (SSSR count). The van der Waals surface area contributed by atoms with E-state index in [0.29, 0.717) is 6.54 Å². The fourth-order valence-corrected chi connectivity index (χ4v) is 1.71. The first kappa shape index (κ1) is 8.66. The Hall–Kier alpha value is -0.930. The van der Waals surface area contributed by atoms with Gasteiger partial charge in [0.2, 0.25) is 0 Å². The van der Waals surface area contributed by atoms with Gasteiger partial charge in [-0.1, -0.05) is 12.1 Å². The van der Waals surface area contributed by atoms with Gasteiger partial charge in [0, 0.05) is 19.0 Å². The second kappa shape index (κ2) is 3.44. The van der Waals surface area contributed by atoms with Crippen molar-refractivity contribution in [2.24, 2.45) is 0 Å². The molecule has 0 aromatic heterocycles. The molecule has 0 saturated carbocycles. The molecule has 1 saturated heterocycles. The van der Waals surface area contributed by atoms with Crippen molar-refractivity contribution in [1.29, 1.82) is 0 Å². The van der Waals surface area contributed by atoms with E-state index in [9.17, 15) is 9.50 Å². The van der Waals surface area contributed by atoms with Crippen molar-refractivity contribution in [2.75, 3.05) is 13.1 Å². The van der Waals surface area contributed by atoms with Crippen LogP contribution in [0.15, 0.2) is 24.3 Å². The maximum absolute atomic E-state index is 12.6. The predicted octanol–water partition coefficient (Wildman–Crippen LogP) is 0.873. The minimum absolute atomic E-state index is 0.112. The Morgan fingerprint density at radius 1 is 1.23 bits per heavy atom. The van der Waals surface area contributed by atoms with E-state index in [0.717, 1.165) is 12.1 Å². The summed E-state index contributed by atoms with van der Waals surface area (Å²) >= 11 is 0. The summed E-state index contributed by atoms with van der Waals surface area (Å²) in [6.07, 6.45) is -0.342. The van der Waals surface area contributed by atoms with Crippen LogP contribution in [-0.2, 0) is 0 Å². The average molecular weight is 181 g/mol. The third kappa shape index (κ3) is 1.71. The summed E-state index contributed by atoms with van der Waals surface area (Å²) < 4.78 is 12.6. The second-order valence-corrected chi connectivity index (χ2v) is 3.38. The third-order valence-electron chi connectivity index (χ3n) is 2.48. The average Bonchev–Trinajstić information content (AvgIpc) is 2.53. The maximum atomic E-state index is 12.6. The Kier molecular flexibility index (Phi) is 2.29. The lowest BCUT2D eigenvalue weighted by molar-refractivity contribution is 0.177. The lowest BCUT2D eigenvalue weighted by Gasteiger charge is -2.12. The maximum Gasteiger partial charge on any atom is 0.123 e. The number of aliphatic hydroxyl groups excluding tert-OH is 1. The number of aliphatic hydroxyl groups is 1. The zero-order valence-electron chi connectivity index (χ0n) is 7.20. The number of benzene rings is 1. The zero-order chi connectivity index (χ0) is 9.26. The molecule has 1 fully saturated rings. The summed E-state index contributed by atoms with van der Waals surface area (Å²) in [6, 6.07) is 6.33. The van der Waals surface area contributed by atoms with Gasteiger partial charge in [0.05, 0.1) is 6.10 Å². The zero-order valence-corrected chi connectivity index (χ0v) is 7.20. The number of hydrogen-bond donors (Lipinski definition) is 2. The van der Waals surface area contributed by atoms with Crippen molar-refractivity contribution in [2.45, 2.75) is 12.0 Å². The van der Waals surface area contributed by atoms with Gasteiger partial charge >= 0.3 is 0 Å². The van der Waals surface area contributed by atoms with Crippen molar-refractivity contribution in [1.82, 2.24) is 5.32 Å². The van der Waals surface area contributed by atoms with E-state index in [2.05, 4.69) is 5.32 Å². The van der Waals surface area contributed by atoms with E-state index in [-0.39, 0.29) is 17.8 Å². The highest BCUT2D eigenvalue weighted by molar-refractivity contribution is 5.23. The molecule has 0 amide bonds. The van der Waals surface area contributed by atoms with Gasteiger partial charge in [-0.15, -0.1) is 0 Å². The number of hydrogen-bond acceptors (Lipinski definition) is 2. The number of halogens is 1. The summed E-state index contributed by atoms with van der Waals surface area (Å²) in [5.41, 5.74) is 0.999. The van der Waals surface area contributed by atoms with Crippen molar-refractivity contribution < 1.29 is 9.50 Å². The lowest BCUT2D eigenvalue weighted by Crippen LogP contribution is -2.15. The highest BCUT2D eigenvalue weighted by Gasteiger charge is 2.25. The molecule has 1 aliphatic heterocycles. The van der Waals surface area contributed by atoms with E-state index < -0.39 is 0 Å². The molecule has 0 bridgehead atoms. The Balaban J connectivity index is 2.20. The first-order valence-corrected chi connectivity index (χ1v) is 4.41. The Morgan fingerprint density at radius 2 is 1.92 bits per heavy atom. The summed E-state index contributed by atoms with van der Waals surface area (Å²) in [4.78, 5) is 0. The minimum atomic E-state index is -0.342. The van der Waals surface area contributed by atoms with Crippen LogP contribution in [0.5, 0.6) is 0 Å². The quantitative estimate of drug-likeness (QED) is 0.674. The molecule has 3 heteroatoms. The molecular weight excluding hydrogens is 169 g/mol. The van der Waals surface area contributed by atoms with Crippen LogP contribution in [0.25, 0.3) is 0 Å². The normalized spacial score (nSPS) is 27.8. The van der Waals surface area contributed by atoms with Crippen LogP contribution in [0.2, 0.25) is 0 Å². The van der Waals surface area contributed by atoms with Crippen LogP contribution in [0.1, 0.15) is 11.5 Å². The molecule has 1 heterocycles. The second-order valence-electron chi connectivity index (χ2n) is 3.38. The molecule has 2 N–H and O–H groups in total. The lowest BCUT2D eigenvalue weighted by atomic mass is 9.96. The van der Waals surface area contributed by atoms with Gasteiger partial charge in [-0.25, -0.2) is 4.39 Å². The summed E-state index contributed by atoms with van der Waals surface area (Å²) in [5.74, 6) is -0.121. The topological polar surface area (TPSA) is 32.3 Å². The molecule has 0 spiro atoms. The Bertz CT molecular complexity index is 285. The van der Waals surface area contributed by atoms with Crippen molar-refractivity contribution in [3.8, 4) is 0 Å². The smallest absolute Gasteiger partial charge is 0.123 e. The molecule has 1 aromatic carbocycles. The van der Waals surface area contributed by atoms with E-state index >= 15 is 0 Å². The van der Waals surface area contributed by atoms with E-state index in [1.807, 2.05) is 0 Å². The highest BCUT2D eigenvalue weighted by atomic mass is 19.1. The van der Waals surface area contributed by atoms with Gasteiger partial charge in [0.25, 0.3) is 0 Å². The van der Waals surface area contributed by atoms with Crippen LogP contribution in [0.3, 0.4) is 0 Å². The van der Waals surface area contributed by atoms with Crippen LogP contribution >= 0.6 is 0 Å². The fraction of sp³-hybridized carbons (Fsp3) is 0.400. The van der Waals surface area contributed by atoms with Gasteiger partial charge in [-0.3, -0.25) is 0 Å². The van der Waals surface area contributed by atoms with Crippen LogP contribution in [-0.4, -0.2) is 24.3 Å². The van der Waals surface area contributed by atoms with Gasteiger partial charge in [-0.2, -0.15) is 0 Å². The number of rotatable bonds is 1. The van der Waals surface area contributed by atoms with Crippen molar-refractivity contribution in [3.63, 3.8) is 0 Å². The van der Waals surface area contributed by atoms with Crippen molar-refractivity contribution >= 4 is 0 Å². The summed E-state index contributed by atoms with van der Waals surface area (Å²) in [5, 5.41) is 12.6. The number of nitrogens with one attached hydrogen (secondary N) is 1. The van der Waals surface area contributed by atoms with Gasteiger partial charge in [0.15, 0.2) is 0 Å². The molecule has 70 valence electrons. The van der Waals surface area contributed by atoms with Crippen molar-refractivity contribution in [3.05, 3.63) is 35.6 Å². The van der Waals surface area contributed by atoms with Gasteiger partial charge in [0.1, 0.15) is 5.82 Å². The van der Waals surface area contributed by atoms with Gasteiger partial charge in [-0.05, 0) is 17.7 Å². The molecule has 0 radical (unpaired) electrons. The third-order valence-corrected chi connectivity index (χ3v) is 2.48. The molecule has 1 aromatic rings. The Labute approximate surface area is 76.4 Å². The fourth-order valence-electron chi connectivity index (χ4n) is 1.71. The first-order chi connectivity index (χ1) is 6.27. The molecular formula is C10H12FNO. The number of β-amino-alcohol motifs (C(OH)–C–C–N with tert-alkyl or cyclic N) is 1. The van der Waals surface area contributed by atoms with Crippen LogP contribution in [0.4, 0.5) is 4.39 Å². The molecule has 2 nitrogen and oxygen atoms in total. The molecule has 1 aliphatic rings. The van der Waals surface area contributed by atoms with Crippen LogP contribution in [0, 0.1) is 5.82 Å². The molecule has 2 atom stereocenters. The molecule has 13 heavy (non-hydrogen) atoms. The van der Waals surface area contributed by atoms with E-state index in [1.54, 1.807) is 12.1 Å². The Morgan fingerprint density at radius 3 is 2.46 bits per heavy atom. The predicted molar refractivity (Wildman–Crippen MR) is 48.0 cm³/mol. The standard InChI is InChI=1S/C10H12FNO/c11-8-3-1-7(2-4-8)9-5-12-6-10(9)13/h1-4,9-10,12-13H,5-6H2. The molecule has 0 aliphatic carbocycles. The summed E-state index contributed by atoms with van der Waals surface area (Å²) in [6.45, 7) is 1.40.